The number of nitrogens with one attached hydrogen (secondary N) is 1. The van der Waals surface area contributed by atoms with Crippen LogP contribution in [-0.2, 0) is 9.59 Å². The zero-order valence-corrected chi connectivity index (χ0v) is 14.5. The molecule has 2 rings (SSSR count). The Labute approximate surface area is 155 Å². The van der Waals surface area contributed by atoms with Gasteiger partial charge in [0.2, 0.25) is 5.91 Å². The first-order chi connectivity index (χ1) is 12.9. The van der Waals surface area contributed by atoms with Crippen molar-refractivity contribution in [1.29, 1.82) is 0 Å². The predicted molar refractivity (Wildman–Crippen MR) is 99.2 cm³/mol. The third-order valence-corrected chi connectivity index (χ3v) is 3.53. The van der Waals surface area contributed by atoms with Crippen molar-refractivity contribution in [3.63, 3.8) is 0 Å². The van der Waals surface area contributed by atoms with E-state index in [4.69, 9.17) is 11.2 Å². The lowest BCUT2D eigenvalue weighted by Crippen LogP contribution is -2.37. The summed E-state index contributed by atoms with van der Waals surface area (Å²) in [6.45, 7) is -0.638. The molecule has 1 N–H and O–H groups in total. The Morgan fingerprint density at radius 3 is 2.70 bits per heavy atom. The molecule has 138 valence electrons. The number of carbonyl (C=O) groups is 2. The van der Waals surface area contributed by atoms with Gasteiger partial charge in [0.05, 0.1) is 11.5 Å². The largest absolute Gasteiger partial charge is 0.477 e. The van der Waals surface area contributed by atoms with Crippen LogP contribution in [0.4, 0.5) is 11.4 Å². The summed E-state index contributed by atoms with van der Waals surface area (Å²) in [7, 11) is 1.43. The van der Waals surface area contributed by atoms with Gasteiger partial charge in [-0.15, -0.1) is 6.42 Å². The summed E-state index contributed by atoms with van der Waals surface area (Å²) < 4.78 is 5.22. The average molecular weight is 367 g/mol. The third-order valence-electron chi connectivity index (χ3n) is 3.53. The van der Waals surface area contributed by atoms with Gasteiger partial charge < -0.3 is 15.0 Å². The van der Waals surface area contributed by atoms with Crippen LogP contribution in [0.5, 0.6) is 5.75 Å². The van der Waals surface area contributed by atoms with E-state index in [1.54, 1.807) is 30.3 Å². The smallest absolute Gasteiger partial charge is 0.310 e. The number of ether oxygens (including phenoxy) is 1. The number of para-hydroxylation sites is 2. The van der Waals surface area contributed by atoms with Crippen LogP contribution in [-0.4, -0.2) is 41.8 Å². The molecular formula is C19H17N3O5. The Hall–Kier alpha value is -3.86. The highest BCUT2D eigenvalue weighted by atomic mass is 16.6. The van der Waals surface area contributed by atoms with Crippen molar-refractivity contribution in [1.82, 2.24) is 4.90 Å². The molecule has 0 radical (unpaired) electrons. The number of carbonyl (C=O) groups excluding carboxylic acids is 2. The molecule has 8 nitrogen and oxygen atoms in total. The van der Waals surface area contributed by atoms with Gasteiger partial charge in [-0.1, -0.05) is 24.1 Å². The fourth-order valence-corrected chi connectivity index (χ4v) is 2.17. The fourth-order valence-electron chi connectivity index (χ4n) is 2.17. The number of nitrogens with zero attached hydrogens (tertiary/aromatic N) is 2. The van der Waals surface area contributed by atoms with Crippen molar-refractivity contribution in [2.75, 3.05) is 25.5 Å². The standard InChI is InChI=1S/C19H17N3O5/c1-3-14-7-6-8-15(11-14)20-18(23)12-21(2)19(24)13-27-17-10-5-4-9-16(17)22(25)26/h1,4-11H,12-13H2,2H3,(H,20,23). The van der Waals surface area contributed by atoms with Crippen molar-refractivity contribution >= 4 is 23.2 Å². The summed E-state index contributed by atoms with van der Waals surface area (Å²) >= 11 is 0. The summed E-state index contributed by atoms with van der Waals surface area (Å²) in [5.41, 5.74) is 0.904. The predicted octanol–water partition coefficient (Wildman–Crippen LogP) is 2.05. The maximum Gasteiger partial charge on any atom is 0.310 e. The first-order valence-corrected chi connectivity index (χ1v) is 7.87. The maximum absolute atomic E-state index is 12.1. The summed E-state index contributed by atoms with van der Waals surface area (Å²) in [6, 6.07) is 12.5. The van der Waals surface area contributed by atoms with Crippen LogP contribution >= 0.6 is 0 Å². The van der Waals surface area contributed by atoms with Crippen molar-refractivity contribution in [2.45, 2.75) is 0 Å². The quantitative estimate of drug-likeness (QED) is 0.458. The van der Waals surface area contributed by atoms with E-state index in [1.807, 2.05) is 0 Å². The van der Waals surface area contributed by atoms with Gasteiger partial charge in [-0.05, 0) is 24.3 Å². The highest BCUT2D eigenvalue weighted by molar-refractivity contribution is 5.94. The lowest BCUT2D eigenvalue weighted by molar-refractivity contribution is -0.385. The van der Waals surface area contributed by atoms with Gasteiger partial charge in [-0.3, -0.25) is 19.7 Å². The number of nitro groups is 1. The highest BCUT2D eigenvalue weighted by Crippen LogP contribution is 2.25. The minimum Gasteiger partial charge on any atom is -0.477 e. The van der Waals surface area contributed by atoms with E-state index in [9.17, 15) is 19.7 Å². The van der Waals surface area contributed by atoms with E-state index < -0.39 is 23.3 Å². The second kappa shape index (κ2) is 9.01. The van der Waals surface area contributed by atoms with Gasteiger partial charge in [0.1, 0.15) is 0 Å². The summed E-state index contributed by atoms with van der Waals surface area (Å²) in [5, 5.41) is 13.6. The number of nitro benzene ring substituents is 1. The highest BCUT2D eigenvalue weighted by Gasteiger charge is 2.18. The number of terminal acetylenes is 1. The topological polar surface area (TPSA) is 102 Å². The van der Waals surface area contributed by atoms with E-state index in [2.05, 4.69) is 11.2 Å². The average Bonchev–Trinajstić information content (AvgIpc) is 2.66. The third kappa shape index (κ3) is 5.57. The van der Waals surface area contributed by atoms with Crippen molar-refractivity contribution < 1.29 is 19.2 Å². The van der Waals surface area contributed by atoms with Gasteiger partial charge in [0.25, 0.3) is 5.91 Å². The molecule has 0 atom stereocenters. The number of hydrogen-bond acceptors (Lipinski definition) is 5. The number of rotatable bonds is 7. The van der Waals surface area contributed by atoms with E-state index in [1.165, 1.54) is 25.2 Å². The van der Waals surface area contributed by atoms with Gasteiger partial charge >= 0.3 is 5.69 Å². The molecule has 0 aliphatic carbocycles. The lowest BCUT2D eigenvalue weighted by atomic mass is 10.2. The van der Waals surface area contributed by atoms with Crippen LogP contribution in [0.2, 0.25) is 0 Å². The molecule has 0 saturated carbocycles. The van der Waals surface area contributed by atoms with Gasteiger partial charge in [-0.2, -0.15) is 0 Å². The van der Waals surface area contributed by atoms with E-state index >= 15 is 0 Å². The summed E-state index contributed by atoms with van der Waals surface area (Å²) in [5.74, 6) is 1.54. The number of likely N-dealkylation sites (N-methyl/N-ethyl adjacent to an activating group) is 1. The molecule has 0 spiro atoms. The SMILES string of the molecule is C#Cc1cccc(NC(=O)CN(C)C(=O)COc2ccccc2[N+](=O)[O-])c1. The molecule has 0 aliphatic rings. The summed E-state index contributed by atoms with van der Waals surface area (Å²) in [4.78, 5) is 35.7. The molecule has 8 heteroatoms. The zero-order valence-electron chi connectivity index (χ0n) is 14.5. The van der Waals surface area contributed by atoms with Crippen LogP contribution in [0.1, 0.15) is 5.56 Å². The van der Waals surface area contributed by atoms with Crippen molar-refractivity contribution in [3.05, 3.63) is 64.2 Å². The summed E-state index contributed by atoms with van der Waals surface area (Å²) in [6.07, 6.45) is 5.31. The van der Waals surface area contributed by atoms with Gasteiger partial charge in [-0.25, -0.2) is 0 Å². The Morgan fingerprint density at radius 1 is 1.26 bits per heavy atom. The molecule has 0 aliphatic heterocycles. The van der Waals surface area contributed by atoms with Gasteiger partial charge in [0.15, 0.2) is 12.4 Å². The van der Waals surface area contributed by atoms with Crippen LogP contribution in [0.25, 0.3) is 0 Å². The molecule has 0 fully saturated rings. The first-order valence-electron chi connectivity index (χ1n) is 7.87. The first kappa shape index (κ1) is 19.5. The maximum atomic E-state index is 12.1. The molecule has 27 heavy (non-hydrogen) atoms. The molecule has 0 aromatic heterocycles. The number of benzene rings is 2. The lowest BCUT2D eigenvalue weighted by Gasteiger charge is -2.17. The Kier molecular flexibility index (Phi) is 6.49. The molecule has 2 aromatic carbocycles. The Morgan fingerprint density at radius 2 is 2.00 bits per heavy atom. The molecule has 0 unspecified atom stereocenters. The monoisotopic (exact) mass is 367 g/mol. The number of anilines is 1. The molecule has 0 bridgehead atoms. The Balaban J connectivity index is 1.89. The fraction of sp³-hybridized carbons (Fsp3) is 0.158. The number of hydrogen-bond donors (Lipinski definition) is 1. The second-order valence-electron chi connectivity index (χ2n) is 5.54. The van der Waals surface area contributed by atoms with E-state index in [-0.39, 0.29) is 18.0 Å². The van der Waals surface area contributed by atoms with Crippen LogP contribution in [0, 0.1) is 22.5 Å². The van der Waals surface area contributed by atoms with Crippen LogP contribution in [0.15, 0.2) is 48.5 Å². The van der Waals surface area contributed by atoms with Crippen LogP contribution < -0.4 is 10.1 Å². The molecule has 2 aromatic rings. The van der Waals surface area contributed by atoms with E-state index in [0.717, 1.165) is 4.90 Å². The minimum absolute atomic E-state index is 0.0141. The van der Waals surface area contributed by atoms with Crippen molar-refractivity contribution in [3.8, 4) is 18.1 Å². The molecule has 0 heterocycles. The molecule has 0 saturated heterocycles. The normalized spacial score (nSPS) is 9.78. The van der Waals surface area contributed by atoms with Crippen molar-refractivity contribution in [2.24, 2.45) is 0 Å². The molecular weight excluding hydrogens is 350 g/mol. The van der Waals surface area contributed by atoms with Crippen LogP contribution in [0.3, 0.4) is 0 Å². The molecule has 2 amide bonds. The Bertz CT molecular complexity index is 904. The minimum atomic E-state index is -0.596. The second-order valence-corrected chi connectivity index (χ2v) is 5.54. The number of amides is 2. The van der Waals surface area contributed by atoms with Gasteiger partial charge in [0, 0.05) is 24.4 Å². The van der Waals surface area contributed by atoms with E-state index in [0.29, 0.717) is 11.3 Å². The zero-order chi connectivity index (χ0) is 19.8.